The zero-order valence-corrected chi connectivity index (χ0v) is 19.3. The minimum atomic E-state index is -4.19. The lowest BCUT2D eigenvalue weighted by Crippen LogP contribution is -2.56. The second-order valence-electron chi connectivity index (χ2n) is 6.87. The van der Waals surface area contributed by atoms with Gasteiger partial charge in [0.1, 0.15) is 6.04 Å². The molecular weight excluding hydrogens is 486 g/mol. The highest BCUT2D eigenvalue weighted by molar-refractivity contribution is 14.0. The molecule has 10 heteroatoms. The summed E-state index contributed by atoms with van der Waals surface area (Å²) in [5.41, 5.74) is 0.960. The van der Waals surface area contributed by atoms with Gasteiger partial charge < -0.3 is 14.7 Å². The Kier molecular flexibility index (Phi) is 10.0. The third-order valence-corrected chi connectivity index (χ3v) is 5.25. The van der Waals surface area contributed by atoms with Crippen molar-refractivity contribution in [2.75, 3.05) is 33.2 Å². The molecule has 28 heavy (non-hydrogen) atoms. The van der Waals surface area contributed by atoms with Gasteiger partial charge >= 0.3 is 6.18 Å². The molecule has 1 saturated heterocycles. The monoisotopic (exact) mass is 517 g/mol. The van der Waals surface area contributed by atoms with Gasteiger partial charge in [0.25, 0.3) is 0 Å². The second-order valence-corrected chi connectivity index (χ2v) is 6.87. The molecular formula is C18H31F3IN5O. The third kappa shape index (κ3) is 6.50. The summed E-state index contributed by atoms with van der Waals surface area (Å²) in [7, 11) is 1.67. The molecule has 1 fully saturated rings. The van der Waals surface area contributed by atoms with Gasteiger partial charge in [-0.05, 0) is 19.8 Å². The van der Waals surface area contributed by atoms with Crippen LogP contribution in [0.15, 0.2) is 15.6 Å². The van der Waals surface area contributed by atoms with Crippen LogP contribution in [0.3, 0.4) is 0 Å². The van der Waals surface area contributed by atoms with Crippen LogP contribution in [0.2, 0.25) is 0 Å². The molecule has 0 aliphatic carbocycles. The zero-order valence-electron chi connectivity index (χ0n) is 16.9. The van der Waals surface area contributed by atoms with Gasteiger partial charge in [-0.3, -0.25) is 9.89 Å². The lowest BCUT2D eigenvalue weighted by atomic mass is 9.99. The van der Waals surface area contributed by atoms with E-state index in [4.69, 9.17) is 4.52 Å². The SMILES string of the molecule is CCC(CC)c1cc(CNC(=NC)N2CCN(C(C)C(F)(F)F)CC2)on1.I. The molecule has 6 nitrogen and oxygen atoms in total. The van der Waals surface area contributed by atoms with E-state index in [-0.39, 0.29) is 24.0 Å². The molecule has 1 aliphatic heterocycles. The first-order valence-corrected chi connectivity index (χ1v) is 9.51. The fourth-order valence-corrected chi connectivity index (χ4v) is 3.34. The summed E-state index contributed by atoms with van der Waals surface area (Å²) in [5.74, 6) is 1.78. The van der Waals surface area contributed by atoms with Gasteiger partial charge in [-0.15, -0.1) is 24.0 Å². The van der Waals surface area contributed by atoms with Crippen LogP contribution in [0.5, 0.6) is 0 Å². The van der Waals surface area contributed by atoms with Crippen LogP contribution in [0.4, 0.5) is 13.2 Å². The van der Waals surface area contributed by atoms with Crippen molar-refractivity contribution < 1.29 is 17.7 Å². The van der Waals surface area contributed by atoms with Gasteiger partial charge in [-0.25, -0.2) is 0 Å². The van der Waals surface area contributed by atoms with Crippen molar-refractivity contribution in [3.05, 3.63) is 17.5 Å². The number of nitrogens with one attached hydrogen (secondary N) is 1. The average Bonchev–Trinajstić information content (AvgIpc) is 3.11. The van der Waals surface area contributed by atoms with Crippen molar-refractivity contribution in [2.45, 2.75) is 58.3 Å². The number of guanidine groups is 1. The Morgan fingerprint density at radius 2 is 1.86 bits per heavy atom. The molecule has 2 heterocycles. The summed E-state index contributed by atoms with van der Waals surface area (Å²) in [6.07, 6.45) is -2.17. The standard InChI is InChI=1S/C18H30F3N5O.HI/c1-5-14(6-2)16-11-15(27-24-16)12-23-17(22-4)26-9-7-25(8-10-26)13(3)18(19,20)21;/h11,13-14H,5-10,12H2,1-4H3,(H,22,23);1H. The van der Waals surface area contributed by atoms with Gasteiger partial charge in [0, 0.05) is 45.2 Å². The summed E-state index contributed by atoms with van der Waals surface area (Å²) < 4.78 is 44.0. The molecule has 2 rings (SSSR count). The van der Waals surface area contributed by atoms with Gasteiger partial charge in [0.15, 0.2) is 11.7 Å². The first kappa shape index (κ1) is 25.0. The Labute approximate surface area is 181 Å². The molecule has 162 valence electrons. The Hall–Kier alpha value is -1.04. The van der Waals surface area contributed by atoms with Crippen LogP contribution in [-0.4, -0.2) is 66.4 Å². The van der Waals surface area contributed by atoms with Crippen LogP contribution in [0.1, 0.15) is 51.0 Å². The number of rotatable bonds is 6. The number of aromatic nitrogens is 1. The average molecular weight is 517 g/mol. The molecule has 1 atom stereocenters. The Bertz CT molecular complexity index is 611. The van der Waals surface area contributed by atoms with Gasteiger partial charge in [-0.1, -0.05) is 19.0 Å². The van der Waals surface area contributed by atoms with Gasteiger partial charge in [0.05, 0.1) is 12.2 Å². The summed E-state index contributed by atoms with van der Waals surface area (Å²) in [5, 5.41) is 7.36. The normalized spacial score (nSPS) is 17.6. The Balaban J connectivity index is 0.00000392. The van der Waals surface area contributed by atoms with Gasteiger partial charge in [0.2, 0.25) is 0 Å². The first-order chi connectivity index (χ1) is 12.8. The van der Waals surface area contributed by atoms with E-state index >= 15 is 0 Å². The Morgan fingerprint density at radius 3 is 2.36 bits per heavy atom. The predicted octanol–water partition coefficient (Wildman–Crippen LogP) is 3.84. The van der Waals surface area contributed by atoms with Crippen molar-refractivity contribution in [1.82, 2.24) is 20.3 Å². The molecule has 1 aromatic rings. The van der Waals surface area contributed by atoms with E-state index in [1.165, 1.54) is 11.8 Å². The zero-order chi connectivity index (χ0) is 20.0. The predicted molar refractivity (Wildman–Crippen MR) is 114 cm³/mol. The molecule has 0 saturated carbocycles. The van der Waals surface area contributed by atoms with Crippen molar-refractivity contribution >= 4 is 29.9 Å². The van der Waals surface area contributed by atoms with E-state index in [1.807, 2.05) is 11.0 Å². The molecule has 0 spiro atoms. The summed E-state index contributed by atoms with van der Waals surface area (Å²) >= 11 is 0. The fraction of sp³-hybridized carbons (Fsp3) is 0.778. The highest BCUT2D eigenvalue weighted by Crippen LogP contribution is 2.25. The van der Waals surface area contributed by atoms with Crippen LogP contribution in [0.25, 0.3) is 0 Å². The third-order valence-electron chi connectivity index (χ3n) is 5.25. The maximum absolute atomic E-state index is 12.9. The van der Waals surface area contributed by atoms with E-state index in [2.05, 4.69) is 29.3 Å². The Morgan fingerprint density at radius 1 is 1.25 bits per heavy atom. The van der Waals surface area contributed by atoms with Crippen molar-refractivity contribution in [2.24, 2.45) is 4.99 Å². The van der Waals surface area contributed by atoms with Crippen LogP contribution in [0, 0.1) is 0 Å². The van der Waals surface area contributed by atoms with E-state index in [0.717, 1.165) is 24.3 Å². The van der Waals surface area contributed by atoms with E-state index in [9.17, 15) is 13.2 Å². The second kappa shape index (κ2) is 11.2. The highest BCUT2D eigenvalue weighted by Gasteiger charge is 2.41. The lowest BCUT2D eigenvalue weighted by Gasteiger charge is -2.39. The number of alkyl halides is 3. The topological polar surface area (TPSA) is 56.9 Å². The molecule has 0 aromatic carbocycles. The van der Waals surface area contributed by atoms with Crippen molar-refractivity contribution in [1.29, 1.82) is 0 Å². The highest BCUT2D eigenvalue weighted by atomic mass is 127. The summed E-state index contributed by atoms with van der Waals surface area (Å²) in [4.78, 5) is 7.68. The molecule has 0 bridgehead atoms. The largest absolute Gasteiger partial charge is 0.403 e. The van der Waals surface area contributed by atoms with Crippen LogP contribution >= 0.6 is 24.0 Å². The minimum Gasteiger partial charge on any atom is -0.359 e. The minimum absolute atomic E-state index is 0. The molecule has 1 unspecified atom stereocenters. The first-order valence-electron chi connectivity index (χ1n) is 9.51. The number of hydrogen-bond donors (Lipinski definition) is 1. The quantitative estimate of drug-likeness (QED) is 0.353. The molecule has 0 radical (unpaired) electrons. The van der Waals surface area contributed by atoms with E-state index < -0.39 is 12.2 Å². The van der Waals surface area contributed by atoms with E-state index in [0.29, 0.717) is 44.6 Å². The number of halogens is 4. The molecule has 1 aliphatic rings. The summed E-state index contributed by atoms with van der Waals surface area (Å²) in [6.45, 7) is 7.60. The number of aliphatic imine (C=N–C) groups is 1. The number of hydrogen-bond acceptors (Lipinski definition) is 4. The van der Waals surface area contributed by atoms with E-state index in [1.54, 1.807) is 7.05 Å². The molecule has 1 N–H and O–H groups in total. The smallest absolute Gasteiger partial charge is 0.359 e. The van der Waals surface area contributed by atoms with Crippen molar-refractivity contribution in [3.8, 4) is 0 Å². The van der Waals surface area contributed by atoms with Crippen LogP contribution < -0.4 is 5.32 Å². The number of piperazine rings is 1. The molecule has 0 amide bonds. The maximum Gasteiger partial charge on any atom is 0.403 e. The molecule has 1 aromatic heterocycles. The van der Waals surface area contributed by atoms with Crippen molar-refractivity contribution in [3.63, 3.8) is 0 Å². The lowest BCUT2D eigenvalue weighted by molar-refractivity contribution is -0.181. The van der Waals surface area contributed by atoms with Crippen LogP contribution in [-0.2, 0) is 6.54 Å². The van der Waals surface area contributed by atoms with Gasteiger partial charge in [-0.2, -0.15) is 13.2 Å². The maximum atomic E-state index is 12.9. The fourth-order valence-electron chi connectivity index (χ4n) is 3.34. The summed E-state index contributed by atoms with van der Waals surface area (Å²) in [6, 6.07) is 0.535. The number of nitrogens with zero attached hydrogens (tertiary/aromatic N) is 4.